The number of benzene rings is 2. The van der Waals surface area contributed by atoms with Crippen LogP contribution < -0.4 is 5.32 Å². The molecule has 1 N–H and O–H groups in total. The molecular formula is C19H22FN. The molecule has 2 heteroatoms. The fourth-order valence-corrected chi connectivity index (χ4v) is 3.47. The van der Waals surface area contributed by atoms with E-state index in [4.69, 9.17) is 0 Å². The van der Waals surface area contributed by atoms with Crippen LogP contribution in [0.3, 0.4) is 0 Å². The minimum absolute atomic E-state index is 0.0124. The molecule has 2 aromatic carbocycles. The normalized spacial score (nSPS) is 21.0. The molecule has 0 saturated carbocycles. The van der Waals surface area contributed by atoms with Crippen LogP contribution in [-0.4, -0.2) is 0 Å². The lowest BCUT2D eigenvalue weighted by Gasteiger charge is -2.31. The standard InChI is InChI=1S/C19H22FN/c1-13(15-9-6-7-11-17(15)20)21-18-16-10-5-4-8-14(16)12-19(18,2)3/h4-11,13,18,21H,12H2,1-3H3. The average molecular weight is 283 g/mol. The second kappa shape index (κ2) is 5.27. The predicted molar refractivity (Wildman–Crippen MR) is 84.6 cm³/mol. The predicted octanol–water partition coefficient (Wildman–Crippen LogP) is 4.80. The van der Waals surface area contributed by atoms with Gasteiger partial charge < -0.3 is 5.32 Å². The molecule has 0 bridgehead atoms. The van der Waals surface area contributed by atoms with Crippen LogP contribution in [0.2, 0.25) is 0 Å². The molecule has 2 unspecified atom stereocenters. The van der Waals surface area contributed by atoms with Gasteiger partial charge in [0, 0.05) is 17.6 Å². The zero-order valence-electron chi connectivity index (χ0n) is 12.9. The van der Waals surface area contributed by atoms with Crippen molar-refractivity contribution in [3.63, 3.8) is 0 Å². The molecule has 0 aliphatic heterocycles. The van der Waals surface area contributed by atoms with Crippen LogP contribution >= 0.6 is 0 Å². The SMILES string of the molecule is CC(NC1c2ccccc2CC1(C)C)c1ccccc1F. The second-order valence-electron chi connectivity index (χ2n) is 6.71. The topological polar surface area (TPSA) is 12.0 Å². The van der Waals surface area contributed by atoms with E-state index in [1.807, 2.05) is 19.1 Å². The summed E-state index contributed by atoms with van der Waals surface area (Å²) in [6.45, 7) is 6.59. The first-order valence-electron chi connectivity index (χ1n) is 7.57. The maximum absolute atomic E-state index is 14.0. The van der Waals surface area contributed by atoms with E-state index in [9.17, 15) is 4.39 Å². The van der Waals surface area contributed by atoms with Gasteiger partial charge in [-0.2, -0.15) is 0 Å². The van der Waals surface area contributed by atoms with Crippen molar-refractivity contribution >= 4 is 0 Å². The molecule has 1 nitrogen and oxygen atoms in total. The van der Waals surface area contributed by atoms with E-state index in [-0.39, 0.29) is 23.3 Å². The summed E-state index contributed by atoms with van der Waals surface area (Å²) in [6, 6.07) is 15.8. The van der Waals surface area contributed by atoms with Gasteiger partial charge in [0.25, 0.3) is 0 Å². The van der Waals surface area contributed by atoms with Crippen molar-refractivity contribution < 1.29 is 4.39 Å². The zero-order valence-corrected chi connectivity index (χ0v) is 12.9. The summed E-state index contributed by atoms with van der Waals surface area (Å²) in [5, 5.41) is 3.64. The highest BCUT2D eigenvalue weighted by Gasteiger charge is 2.39. The van der Waals surface area contributed by atoms with E-state index in [1.165, 1.54) is 17.2 Å². The van der Waals surface area contributed by atoms with Gasteiger partial charge in [-0.3, -0.25) is 0 Å². The highest BCUT2D eigenvalue weighted by Crippen LogP contribution is 2.46. The minimum atomic E-state index is -0.137. The lowest BCUT2D eigenvalue weighted by atomic mass is 9.84. The molecule has 0 aromatic heterocycles. The molecule has 3 rings (SSSR count). The summed E-state index contributed by atoms with van der Waals surface area (Å²) in [6.07, 6.45) is 1.06. The molecule has 110 valence electrons. The Hall–Kier alpha value is -1.67. The van der Waals surface area contributed by atoms with Crippen LogP contribution in [0, 0.1) is 11.2 Å². The smallest absolute Gasteiger partial charge is 0.127 e. The molecule has 0 heterocycles. The van der Waals surface area contributed by atoms with E-state index in [0.717, 1.165) is 12.0 Å². The zero-order chi connectivity index (χ0) is 15.0. The first kappa shape index (κ1) is 14.3. The van der Waals surface area contributed by atoms with Crippen molar-refractivity contribution in [2.45, 2.75) is 39.3 Å². The van der Waals surface area contributed by atoms with E-state index in [2.05, 4.69) is 43.4 Å². The van der Waals surface area contributed by atoms with E-state index >= 15 is 0 Å². The Morgan fingerprint density at radius 3 is 2.52 bits per heavy atom. The van der Waals surface area contributed by atoms with E-state index in [1.54, 1.807) is 6.07 Å². The Balaban J connectivity index is 1.89. The monoisotopic (exact) mass is 283 g/mol. The molecule has 0 saturated heterocycles. The molecular weight excluding hydrogens is 261 g/mol. The van der Waals surface area contributed by atoms with Gasteiger partial charge in [0.1, 0.15) is 5.82 Å². The summed E-state index contributed by atoms with van der Waals surface area (Å²) in [4.78, 5) is 0. The molecule has 1 aliphatic carbocycles. The number of halogens is 1. The summed E-state index contributed by atoms with van der Waals surface area (Å²) >= 11 is 0. The van der Waals surface area contributed by atoms with Crippen LogP contribution in [0.5, 0.6) is 0 Å². The fraction of sp³-hybridized carbons (Fsp3) is 0.368. The van der Waals surface area contributed by atoms with Gasteiger partial charge in [0.15, 0.2) is 0 Å². The van der Waals surface area contributed by atoms with Crippen molar-refractivity contribution in [3.05, 3.63) is 71.0 Å². The largest absolute Gasteiger partial charge is 0.303 e. The number of hydrogen-bond acceptors (Lipinski definition) is 1. The first-order chi connectivity index (χ1) is 9.99. The quantitative estimate of drug-likeness (QED) is 0.853. The third kappa shape index (κ3) is 2.60. The van der Waals surface area contributed by atoms with Crippen LogP contribution in [0.25, 0.3) is 0 Å². The van der Waals surface area contributed by atoms with Crippen molar-refractivity contribution in [1.82, 2.24) is 5.32 Å². The molecule has 0 radical (unpaired) electrons. The van der Waals surface area contributed by atoms with Crippen LogP contribution in [-0.2, 0) is 6.42 Å². The van der Waals surface area contributed by atoms with Crippen LogP contribution in [0.1, 0.15) is 49.5 Å². The van der Waals surface area contributed by atoms with Gasteiger partial charge in [-0.25, -0.2) is 4.39 Å². The maximum Gasteiger partial charge on any atom is 0.127 e. The average Bonchev–Trinajstić information content (AvgIpc) is 2.70. The van der Waals surface area contributed by atoms with Crippen molar-refractivity contribution in [3.8, 4) is 0 Å². The lowest BCUT2D eigenvalue weighted by molar-refractivity contribution is 0.251. The van der Waals surface area contributed by atoms with Crippen LogP contribution in [0.15, 0.2) is 48.5 Å². The summed E-state index contributed by atoms with van der Waals surface area (Å²) in [5.74, 6) is -0.137. The van der Waals surface area contributed by atoms with E-state index < -0.39 is 0 Å². The van der Waals surface area contributed by atoms with Gasteiger partial charge in [-0.05, 0) is 36.0 Å². The molecule has 0 spiro atoms. The van der Waals surface area contributed by atoms with Crippen molar-refractivity contribution in [1.29, 1.82) is 0 Å². The minimum Gasteiger partial charge on any atom is -0.303 e. The number of nitrogens with one attached hydrogen (secondary N) is 1. The summed E-state index contributed by atoms with van der Waals surface area (Å²) in [5.41, 5.74) is 3.63. The van der Waals surface area contributed by atoms with Gasteiger partial charge in [-0.1, -0.05) is 56.3 Å². The number of hydrogen-bond donors (Lipinski definition) is 1. The van der Waals surface area contributed by atoms with Gasteiger partial charge >= 0.3 is 0 Å². The second-order valence-corrected chi connectivity index (χ2v) is 6.71. The first-order valence-corrected chi connectivity index (χ1v) is 7.57. The van der Waals surface area contributed by atoms with E-state index in [0.29, 0.717) is 0 Å². The Morgan fingerprint density at radius 2 is 1.76 bits per heavy atom. The number of fused-ring (bicyclic) bond motifs is 1. The molecule has 1 aliphatic rings. The van der Waals surface area contributed by atoms with Crippen LogP contribution in [0.4, 0.5) is 4.39 Å². The molecule has 21 heavy (non-hydrogen) atoms. The van der Waals surface area contributed by atoms with Crippen molar-refractivity contribution in [2.75, 3.05) is 0 Å². The van der Waals surface area contributed by atoms with Gasteiger partial charge in [-0.15, -0.1) is 0 Å². The maximum atomic E-state index is 14.0. The third-order valence-corrected chi connectivity index (χ3v) is 4.58. The van der Waals surface area contributed by atoms with Gasteiger partial charge in [0.05, 0.1) is 0 Å². The molecule has 0 fully saturated rings. The fourth-order valence-electron chi connectivity index (χ4n) is 3.47. The van der Waals surface area contributed by atoms with Crippen molar-refractivity contribution in [2.24, 2.45) is 5.41 Å². The number of rotatable bonds is 3. The Labute approximate surface area is 126 Å². The highest BCUT2D eigenvalue weighted by molar-refractivity contribution is 5.38. The summed E-state index contributed by atoms with van der Waals surface area (Å²) in [7, 11) is 0. The molecule has 2 aromatic rings. The Bertz CT molecular complexity index is 648. The lowest BCUT2D eigenvalue weighted by Crippen LogP contribution is -2.33. The molecule has 0 amide bonds. The Morgan fingerprint density at radius 1 is 1.10 bits per heavy atom. The Kier molecular flexibility index (Phi) is 3.58. The highest BCUT2D eigenvalue weighted by atomic mass is 19.1. The summed E-state index contributed by atoms with van der Waals surface area (Å²) < 4.78 is 14.0. The molecule has 2 atom stereocenters. The van der Waals surface area contributed by atoms with Gasteiger partial charge in [0.2, 0.25) is 0 Å². The third-order valence-electron chi connectivity index (χ3n) is 4.58.